The first-order valence-electron chi connectivity index (χ1n) is 6.77. The molecule has 0 fully saturated rings. The third-order valence-corrected chi connectivity index (χ3v) is 4.92. The van der Waals surface area contributed by atoms with Gasteiger partial charge in [0.1, 0.15) is 0 Å². The van der Waals surface area contributed by atoms with Gasteiger partial charge in [0, 0.05) is 16.2 Å². The smallest absolute Gasteiger partial charge is 0.256 e. The number of fused-ring (bicyclic) bond motifs is 1. The van der Waals surface area contributed by atoms with E-state index in [1.54, 1.807) is 12.1 Å². The first kappa shape index (κ1) is 15.9. The van der Waals surface area contributed by atoms with Crippen molar-refractivity contribution in [2.75, 3.05) is 10.6 Å². The number of carbonyl (C=O) groups excluding carboxylic acids is 2. The molecular formula is C16H12IN3O2S. The molecule has 0 spiro atoms. The Balaban J connectivity index is 1.84. The summed E-state index contributed by atoms with van der Waals surface area (Å²) in [6.45, 7) is 1.44. The Bertz CT molecular complexity index is 907. The molecule has 0 aliphatic rings. The summed E-state index contributed by atoms with van der Waals surface area (Å²) < 4.78 is 1.80. The van der Waals surface area contributed by atoms with Crippen molar-refractivity contribution in [1.82, 2.24) is 4.98 Å². The van der Waals surface area contributed by atoms with Crippen LogP contribution in [0.4, 0.5) is 10.8 Å². The molecular weight excluding hydrogens is 425 g/mol. The molecule has 5 nitrogen and oxygen atoms in total. The van der Waals surface area contributed by atoms with Gasteiger partial charge < -0.3 is 10.6 Å². The van der Waals surface area contributed by atoms with Gasteiger partial charge in [-0.25, -0.2) is 4.98 Å². The maximum Gasteiger partial charge on any atom is 0.256 e. The maximum absolute atomic E-state index is 12.3. The quantitative estimate of drug-likeness (QED) is 0.606. The third kappa shape index (κ3) is 3.67. The number of benzene rings is 2. The van der Waals surface area contributed by atoms with E-state index >= 15 is 0 Å². The highest BCUT2D eigenvalue weighted by Crippen LogP contribution is 2.28. The van der Waals surface area contributed by atoms with Crippen LogP contribution >= 0.6 is 33.9 Å². The van der Waals surface area contributed by atoms with E-state index in [-0.39, 0.29) is 11.8 Å². The first-order valence-corrected chi connectivity index (χ1v) is 8.66. The number of nitrogens with one attached hydrogen (secondary N) is 2. The van der Waals surface area contributed by atoms with Gasteiger partial charge in [0.2, 0.25) is 5.91 Å². The summed E-state index contributed by atoms with van der Waals surface area (Å²) in [5, 5.41) is 6.11. The molecule has 0 aliphatic carbocycles. The third-order valence-electron chi connectivity index (χ3n) is 3.05. The summed E-state index contributed by atoms with van der Waals surface area (Å²) >= 11 is 3.51. The number of amides is 2. The molecule has 116 valence electrons. The Morgan fingerprint density at radius 1 is 1.13 bits per heavy atom. The van der Waals surface area contributed by atoms with Crippen LogP contribution in [0.1, 0.15) is 17.3 Å². The van der Waals surface area contributed by atoms with Gasteiger partial charge in [0.15, 0.2) is 5.13 Å². The zero-order valence-corrected chi connectivity index (χ0v) is 15.1. The van der Waals surface area contributed by atoms with Crippen LogP contribution in [0.2, 0.25) is 0 Å². The fourth-order valence-electron chi connectivity index (χ4n) is 2.05. The molecule has 1 heterocycles. The van der Waals surface area contributed by atoms with Crippen LogP contribution in [-0.2, 0) is 4.79 Å². The molecule has 0 unspecified atom stereocenters. The zero-order chi connectivity index (χ0) is 16.4. The number of carbonyl (C=O) groups is 2. The van der Waals surface area contributed by atoms with Crippen LogP contribution < -0.4 is 10.6 Å². The van der Waals surface area contributed by atoms with Crippen molar-refractivity contribution in [2.24, 2.45) is 0 Å². The molecule has 3 rings (SSSR count). The Kier molecular flexibility index (Phi) is 4.58. The van der Waals surface area contributed by atoms with Crippen molar-refractivity contribution >= 4 is 66.8 Å². The lowest BCUT2D eigenvalue weighted by molar-refractivity contribution is -0.114. The molecule has 0 aliphatic heterocycles. The van der Waals surface area contributed by atoms with Crippen molar-refractivity contribution in [1.29, 1.82) is 0 Å². The van der Waals surface area contributed by atoms with Crippen molar-refractivity contribution in [2.45, 2.75) is 6.92 Å². The normalized spacial score (nSPS) is 10.5. The number of nitrogens with zero attached hydrogens (tertiary/aromatic N) is 1. The Morgan fingerprint density at radius 2 is 1.91 bits per heavy atom. The zero-order valence-electron chi connectivity index (χ0n) is 12.1. The second-order valence-corrected chi connectivity index (χ2v) is 7.01. The predicted molar refractivity (Wildman–Crippen MR) is 101 cm³/mol. The van der Waals surface area contributed by atoms with E-state index < -0.39 is 0 Å². The van der Waals surface area contributed by atoms with Crippen molar-refractivity contribution in [3.05, 3.63) is 51.6 Å². The minimum absolute atomic E-state index is 0.152. The lowest BCUT2D eigenvalue weighted by atomic mass is 10.2. The van der Waals surface area contributed by atoms with Crippen molar-refractivity contribution in [3.63, 3.8) is 0 Å². The molecule has 0 radical (unpaired) electrons. The number of hydrogen-bond acceptors (Lipinski definition) is 4. The second-order valence-electron chi connectivity index (χ2n) is 4.82. The molecule has 0 saturated carbocycles. The van der Waals surface area contributed by atoms with E-state index in [1.165, 1.54) is 18.3 Å². The topological polar surface area (TPSA) is 71.1 Å². The van der Waals surface area contributed by atoms with Gasteiger partial charge in [-0.2, -0.15) is 0 Å². The van der Waals surface area contributed by atoms with Crippen LogP contribution in [-0.4, -0.2) is 16.8 Å². The molecule has 2 amide bonds. The standard InChI is InChI=1S/C16H12IN3O2S/c1-9(21)18-16-20-13-7-6-10(8-14(13)23-16)19-15(22)11-4-2-3-5-12(11)17/h2-8H,1H3,(H,19,22)(H,18,20,21). The predicted octanol–water partition coefficient (Wildman–Crippen LogP) is 4.11. The molecule has 23 heavy (non-hydrogen) atoms. The first-order chi connectivity index (χ1) is 11.0. The van der Waals surface area contributed by atoms with Gasteiger partial charge in [0.25, 0.3) is 5.91 Å². The Labute approximate surface area is 150 Å². The van der Waals surface area contributed by atoms with Crippen LogP contribution in [0.15, 0.2) is 42.5 Å². The summed E-state index contributed by atoms with van der Waals surface area (Å²) in [6.07, 6.45) is 0. The van der Waals surface area contributed by atoms with Gasteiger partial charge in [-0.05, 0) is 52.9 Å². The minimum atomic E-state index is -0.156. The molecule has 1 aromatic heterocycles. The number of rotatable bonds is 3. The average Bonchev–Trinajstić information content (AvgIpc) is 2.88. The molecule has 2 N–H and O–H groups in total. The monoisotopic (exact) mass is 437 g/mol. The fourth-order valence-corrected chi connectivity index (χ4v) is 3.63. The molecule has 3 aromatic rings. The van der Waals surface area contributed by atoms with Crippen molar-refractivity contribution in [3.8, 4) is 0 Å². The summed E-state index contributed by atoms with van der Waals surface area (Å²) in [4.78, 5) is 27.7. The highest BCUT2D eigenvalue weighted by molar-refractivity contribution is 14.1. The number of anilines is 2. The molecule has 0 atom stereocenters. The molecule has 2 aromatic carbocycles. The summed E-state index contributed by atoms with van der Waals surface area (Å²) in [5.74, 6) is -0.308. The summed E-state index contributed by atoms with van der Waals surface area (Å²) in [6, 6.07) is 12.9. The Morgan fingerprint density at radius 3 is 2.65 bits per heavy atom. The number of hydrogen-bond donors (Lipinski definition) is 2. The van der Waals surface area contributed by atoms with E-state index in [1.807, 2.05) is 30.3 Å². The fraction of sp³-hybridized carbons (Fsp3) is 0.0625. The van der Waals surface area contributed by atoms with Crippen LogP contribution in [0, 0.1) is 3.57 Å². The van der Waals surface area contributed by atoms with E-state index in [0.29, 0.717) is 16.4 Å². The highest BCUT2D eigenvalue weighted by atomic mass is 127. The van der Waals surface area contributed by atoms with Gasteiger partial charge in [0.05, 0.1) is 15.8 Å². The van der Waals surface area contributed by atoms with E-state index in [0.717, 1.165) is 13.8 Å². The Hall–Kier alpha value is -2.00. The molecule has 7 heteroatoms. The van der Waals surface area contributed by atoms with E-state index in [2.05, 4.69) is 38.2 Å². The average molecular weight is 437 g/mol. The van der Waals surface area contributed by atoms with E-state index in [9.17, 15) is 9.59 Å². The number of halogens is 1. The van der Waals surface area contributed by atoms with Crippen LogP contribution in [0.25, 0.3) is 10.2 Å². The number of aromatic nitrogens is 1. The van der Waals surface area contributed by atoms with Gasteiger partial charge in [-0.15, -0.1) is 0 Å². The van der Waals surface area contributed by atoms with Gasteiger partial charge in [-0.1, -0.05) is 23.5 Å². The van der Waals surface area contributed by atoms with Gasteiger partial charge in [-0.3, -0.25) is 9.59 Å². The summed E-state index contributed by atoms with van der Waals surface area (Å²) in [7, 11) is 0. The maximum atomic E-state index is 12.3. The van der Waals surface area contributed by atoms with Crippen molar-refractivity contribution < 1.29 is 9.59 Å². The largest absolute Gasteiger partial charge is 0.322 e. The highest BCUT2D eigenvalue weighted by Gasteiger charge is 2.11. The SMILES string of the molecule is CC(=O)Nc1nc2ccc(NC(=O)c3ccccc3I)cc2s1. The summed E-state index contributed by atoms with van der Waals surface area (Å²) in [5.41, 5.74) is 2.11. The second kappa shape index (κ2) is 6.63. The minimum Gasteiger partial charge on any atom is -0.322 e. The van der Waals surface area contributed by atoms with E-state index in [4.69, 9.17) is 0 Å². The van der Waals surface area contributed by atoms with Crippen LogP contribution in [0.5, 0.6) is 0 Å². The lowest BCUT2D eigenvalue weighted by Crippen LogP contribution is -2.13. The van der Waals surface area contributed by atoms with Crippen LogP contribution in [0.3, 0.4) is 0 Å². The van der Waals surface area contributed by atoms with Gasteiger partial charge >= 0.3 is 0 Å². The lowest BCUT2D eigenvalue weighted by Gasteiger charge is -2.06. The number of thiazole rings is 1. The molecule has 0 bridgehead atoms. The molecule has 0 saturated heterocycles.